The number of carbonyl (C=O) groups is 1. The first-order valence-corrected chi connectivity index (χ1v) is 9.49. The molecule has 2 aromatic rings. The zero-order valence-corrected chi connectivity index (χ0v) is 15.7. The van der Waals surface area contributed by atoms with Crippen LogP contribution >= 0.6 is 23.4 Å². The molecule has 1 heterocycles. The van der Waals surface area contributed by atoms with Gasteiger partial charge < -0.3 is 9.88 Å². The number of allylic oxidation sites excluding steroid dienone is 1. The molecule has 0 atom stereocenters. The van der Waals surface area contributed by atoms with Gasteiger partial charge in [0.15, 0.2) is 5.16 Å². The van der Waals surface area contributed by atoms with Crippen LogP contribution in [0.2, 0.25) is 5.02 Å². The van der Waals surface area contributed by atoms with Gasteiger partial charge >= 0.3 is 6.18 Å². The maximum atomic E-state index is 12.9. The molecule has 1 aromatic carbocycles. The number of benzene rings is 1. The second-order valence-electron chi connectivity index (χ2n) is 6.04. The molecule has 1 aliphatic carbocycles. The Balaban J connectivity index is 1.65. The van der Waals surface area contributed by atoms with Gasteiger partial charge in [0, 0.05) is 18.2 Å². The highest BCUT2D eigenvalue weighted by molar-refractivity contribution is 7.99. The minimum Gasteiger partial charge on any atom is -0.325 e. The van der Waals surface area contributed by atoms with E-state index in [1.807, 2.05) is 4.57 Å². The zero-order chi connectivity index (χ0) is 19.6. The van der Waals surface area contributed by atoms with Crippen molar-refractivity contribution in [3.63, 3.8) is 0 Å². The average molecular weight is 417 g/mol. The van der Waals surface area contributed by atoms with Crippen LogP contribution in [0.3, 0.4) is 0 Å². The van der Waals surface area contributed by atoms with Gasteiger partial charge in [-0.05, 0) is 31.0 Å². The summed E-state index contributed by atoms with van der Waals surface area (Å²) in [5, 5.41) is 10.9. The van der Waals surface area contributed by atoms with E-state index in [0.29, 0.717) is 17.6 Å². The van der Waals surface area contributed by atoms with Crippen LogP contribution in [0.4, 0.5) is 18.9 Å². The molecule has 1 fully saturated rings. The van der Waals surface area contributed by atoms with E-state index in [-0.39, 0.29) is 11.4 Å². The van der Waals surface area contributed by atoms with E-state index < -0.39 is 22.7 Å². The lowest BCUT2D eigenvalue weighted by Crippen LogP contribution is -2.16. The second-order valence-corrected chi connectivity index (χ2v) is 7.39. The van der Waals surface area contributed by atoms with E-state index in [1.165, 1.54) is 17.8 Å². The standard InChI is InChI=1S/C17H16ClF3N4OS/c1-2-7-25-15(10-3-4-10)23-24-16(25)27-9-14(26)22-11-5-6-13(18)12(8-11)17(19,20)21/h2,5-6,8,10H,1,3-4,7,9H2,(H,22,26). The molecule has 0 spiro atoms. The summed E-state index contributed by atoms with van der Waals surface area (Å²) in [6.07, 6.45) is -0.726. The quantitative estimate of drug-likeness (QED) is 0.523. The Labute approximate surface area is 163 Å². The molecule has 27 heavy (non-hydrogen) atoms. The molecule has 3 rings (SSSR count). The average Bonchev–Trinajstić information content (AvgIpc) is 3.36. The number of alkyl halides is 3. The van der Waals surface area contributed by atoms with E-state index in [1.54, 1.807) is 6.08 Å². The Morgan fingerprint density at radius 3 is 2.78 bits per heavy atom. The van der Waals surface area contributed by atoms with Crippen LogP contribution in [0.1, 0.15) is 30.1 Å². The van der Waals surface area contributed by atoms with Crippen LogP contribution in [-0.2, 0) is 17.5 Å². The summed E-state index contributed by atoms with van der Waals surface area (Å²) in [4.78, 5) is 12.1. The molecule has 1 aromatic heterocycles. The largest absolute Gasteiger partial charge is 0.417 e. The molecule has 1 saturated carbocycles. The van der Waals surface area contributed by atoms with Gasteiger partial charge in [-0.2, -0.15) is 13.2 Å². The molecule has 10 heteroatoms. The molecule has 0 unspecified atom stereocenters. The van der Waals surface area contributed by atoms with E-state index in [9.17, 15) is 18.0 Å². The second kappa shape index (κ2) is 7.93. The van der Waals surface area contributed by atoms with Crippen LogP contribution in [0.5, 0.6) is 0 Å². The lowest BCUT2D eigenvalue weighted by Gasteiger charge is -2.12. The lowest BCUT2D eigenvalue weighted by molar-refractivity contribution is -0.137. The Morgan fingerprint density at radius 2 is 2.15 bits per heavy atom. The molecule has 0 bridgehead atoms. The molecule has 0 aliphatic heterocycles. The highest BCUT2D eigenvalue weighted by Gasteiger charge is 2.33. The SMILES string of the molecule is C=CCn1c(SCC(=O)Nc2ccc(Cl)c(C(F)(F)F)c2)nnc1C1CC1. The van der Waals surface area contributed by atoms with Gasteiger partial charge in [0.2, 0.25) is 5.91 Å². The van der Waals surface area contributed by atoms with Gasteiger partial charge in [0.1, 0.15) is 5.82 Å². The molecular weight excluding hydrogens is 401 g/mol. The number of halogens is 4. The summed E-state index contributed by atoms with van der Waals surface area (Å²) in [6.45, 7) is 4.25. The number of nitrogens with one attached hydrogen (secondary N) is 1. The minimum atomic E-state index is -4.59. The summed E-state index contributed by atoms with van der Waals surface area (Å²) in [7, 11) is 0. The van der Waals surface area contributed by atoms with Crippen molar-refractivity contribution in [2.45, 2.75) is 36.6 Å². The van der Waals surface area contributed by atoms with Gasteiger partial charge in [-0.1, -0.05) is 29.4 Å². The smallest absolute Gasteiger partial charge is 0.325 e. The Morgan fingerprint density at radius 1 is 1.41 bits per heavy atom. The molecule has 1 amide bonds. The van der Waals surface area contributed by atoms with Crippen LogP contribution in [0.25, 0.3) is 0 Å². The Bertz CT molecular complexity index is 864. The maximum Gasteiger partial charge on any atom is 0.417 e. The first-order valence-electron chi connectivity index (χ1n) is 8.13. The third-order valence-corrected chi connectivity index (χ3v) is 5.18. The molecule has 0 saturated heterocycles. The first kappa shape index (κ1) is 19.8. The third kappa shape index (κ3) is 4.84. The number of rotatable bonds is 7. The summed E-state index contributed by atoms with van der Waals surface area (Å²) < 4.78 is 40.6. The number of carbonyl (C=O) groups excluding carboxylic acids is 1. The van der Waals surface area contributed by atoms with E-state index in [4.69, 9.17) is 11.6 Å². The van der Waals surface area contributed by atoms with E-state index in [2.05, 4.69) is 22.1 Å². The van der Waals surface area contributed by atoms with Crippen LogP contribution in [0, 0.1) is 0 Å². The number of amides is 1. The maximum absolute atomic E-state index is 12.9. The fraction of sp³-hybridized carbons (Fsp3) is 0.353. The number of aromatic nitrogens is 3. The molecule has 1 N–H and O–H groups in total. The summed E-state index contributed by atoms with van der Waals surface area (Å²) >= 11 is 6.75. The van der Waals surface area contributed by atoms with Crippen molar-refractivity contribution in [2.24, 2.45) is 0 Å². The van der Waals surface area contributed by atoms with Crippen LogP contribution in [-0.4, -0.2) is 26.4 Å². The summed E-state index contributed by atoms with van der Waals surface area (Å²) in [5.74, 6) is 0.821. The summed E-state index contributed by atoms with van der Waals surface area (Å²) in [6, 6.07) is 3.25. The van der Waals surface area contributed by atoms with Gasteiger partial charge in [0.25, 0.3) is 0 Å². The zero-order valence-electron chi connectivity index (χ0n) is 14.1. The number of anilines is 1. The van der Waals surface area contributed by atoms with Gasteiger partial charge in [0.05, 0.1) is 16.3 Å². The molecular formula is C17H16ClF3N4OS. The fourth-order valence-corrected chi connectivity index (χ4v) is 3.48. The number of thioether (sulfide) groups is 1. The van der Waals surface area contributed by atoms with Crippen LogP contribution < -0.4 is 5.32 Å². The normalized spacial score (nSPS) is 14.2. The predicted molar refractivity (Wildman–Crippen MR) is 98.0 cm³/mol. The number of nitrogens with zero attached hydrogens (tertiary/aromatic N) is 3. The van der Waals surface area contributed by atoms with Crippen molar-refractivity contribution in [1.29, 1.82) is 0 Å². The van der Waals surface area contributed by atoms with Gasteiger partial charge in [-0.15, -0.1) is 16.8 Å². The minimum absolute atomic E-state index is 0.01000. The molecule has 1 aliphatic rings. The summed E-state index contributed by atoms with van der Waals surface area (Å²) in [5.41, 5.74) is -0.960. The fourth-order valence-electron chi connectivity index (χ4n) is 2.50. The number of hydrogen-bond acceptors (Lipinski definition) is 4. The van der Waals surface area contributed by atoms with Crippen molar-refractivity contribution in [3.05, 3.63) is 47.3 Å². The first-order chi connectivity index (χ1) is 12.8. The third-order valence-electron chi connectivity index (χ3n) is 3.89. The van der Waals surface area contributed by atoms with Crippen molar-refractivity contribution in [3.8, 4) is 0 Å². The van der Waals surface area contributed by atoms with Crippen molar-refractivity contribution < 1.29 is 18.0 Å². The van der Waals surface area contributed by atoms with Gasteiger partial charge in [-0.25, -0.2) is 0 Å². The molecule has 5 nitrogen and oxygen atoms in total. The van der Waals surface area contributed by atoms with Crippen molar-refractivity contribution in [1.82, 2.24) is 14.8 Å². The van der Waals surface area contributed by atoms with Gasteiger partial charge in [-0.3, -0.25) is 4.79 Å². The van der Waals surface area contributed by atoms with Crippen LogP contribution in [0.15, 0.2) is 36.0 Å². The number of hydrogen-bond donors (Lipinski definition) is 1. The van der Waals surface area contributed by atoms with Crippen molar-refractivity contribution in [2.75, 3.05) is 11.1 Å². The topological polar surface area (TPSA) is 59.8 Å². The monoisotopic (exact) mass is 416 g/mol. The predicted octanol–water partition coefficient (Wildman–Crippen LogP) is 4.74. The lowest BCUT2D eigenvalue weighted by atomic mass is 10.2. The van der Waals surface area contributed by atoms with Crippen molar-refractivity contribution >= 4 is 35.0 Å². The van der Waals surface area contributed by atoms with E-state index >= 15 is 0 Å². The molecule has 0 radical (unpaired) electrons. The van der Waals surface area contributed by atoms with E-state index in [0.717, 1.165) is 30.8 Å². The Hall–Kier alpha value is -2.00. The Kier molecular flexibility index (Phi) is 5.81. The highest BCUT2D eigenvalue weighted by atomic mass is 35.5. The molecule has 144 valence electrons. The highest BCUT2D eigenvalue weighted by Crippen LogP contribution is 2.40.